The third-order valence-electron chi connectivity index (χ3n) is 3.85. The average molecular weight is 406 g/mol. The SMILES string of the molecule is Cn1cc(-c2ccc(CCNS(=O)(=O)c3cccc4nsnc34)s2)cn1. The van der Waals surface area contributed by atoms with Crippen LogP contribution < -0.4 is 4.72 Å². The predicted octanol–water partition coefficient (Wildman–Crippen LogP) is 2.67. The molecule has 3 aromatic heterocycles. The molecule has 3 heterocycles. The summed E-state index contributed by atoms with van der Waals surface area (Å²) in [5.41, 5.74) is 2.07. The smallest absolute Gasteiger partial charge is 0.242 e. The minimum Gasteiger partial charge on any atom is -0.275 e. The van der Waals surface area contributed by atoms with Gasteiger partial charge in [0.05, 0.1) is 17.9 Å². The zero-order valence-corrected chi connectivity index (χ0v) is 16.2. The van der Waals surface area contributed by atoms with Crippen molar-refractivity contribution in [3.63, 3.8) is 0 Å². The van der Waals surface area contributed by atoms with Crippen molar-refractivity contribution in [2.75, 3.05) is 6.54 Å². The van der Waals surface area contributed by atoms with Crippen LogP contribution in [0.25, 0.3) is 21.5 Å². The molecular formula is C16H15N5O2S3. The van der Waals surface area contributed by atoms with E-state index in [0.29, 0.717) is 24.0 Å². The lowest BCUT2D eigenvalue weighted by Crippen LogP contribution is -2.26. The molecule has 0 radical (unpaired) electrons. The highest BCUT2D eigenvalue weighted by atomic mass is 32.2. The van der Waals surface area contributed by atoms with Crippen LogP contribution in [-0.4, -0.2) is 33.5 Å². The number of thiophene rings is 1. The van der Waals surface area contributed by atoms with Crippen molar-refractivity contribution in [1.29, 1.82) is 0 Å². The van der Waals surface area contributed by atoms with Gasteiger partial charge in [-0.3, -0.25) is 4.68 Å². The van der Waals surface area contributed by atoms with Crippen molar-refractivity contribution in [1.82, 2.24) is 23.2 Å². The summed E-state index contributed by atoms with van der Waals surface area (Å²) in [6.45, 7) is 0.323. The second kappa shape index (κ2) is 6.88. The van der Waals surface area contributed by atoms with Crippen molar-refractivity contribution < 1.29 is 8.42 Å². The Kier molecular flexibility index (Phi) is 4.57. The van der Waals surface area contributed by atoms with Gasteiger partial charge < -0.3 is 0 Å². The van der Waals surface area contributed by atoms with Gasteiger partial charge in [0.2, 0.25) is 10.0 Å². The molecule has 0 spiro atoms. The Morgan fingerprint density at radius 1 is 1.19 bits per heavy atom. The van der Waals surface area contributed by atoms with Crippen LogP contribution in [0.4, 0.5) is 0 Å². The maximum Gasteiger partial charge on any atom is 0.242 e. The number of fused-ring (bicyclic) bond motifs is 1. The number of sulfonamides is 1. The van der Waals surface area contributed by atoms with Crippen LogP contribution in [-0.2, 0) is 23.5 Å². The summed E-state index contributed by atoms with van der Waals surface area (Å²) >= 11 is 2.65. The van der Waals surface area contributed by atoms with Crippen molar-refractivity contribution in [3.05, 3.63) is 47.6 Å². The summed E-state index contributed by atoms with van der Waals surface area (Å²) in [5, 5.41) is 4.17. The van der Waals surface area contributed by atoms with E-state index in [1.807, 2.05) is 31.6 Å². The van der Waals surface area contributed by atoms with Gasteiger partial charge in [0.15, 0.2) is 0 Å². The molecule has 26 heavy (non-hydrogen) atoms. The van der Waals surface area contributed by atoms with Gasteiger partial charge in [-0.15, -0.1) is 11.3 Å². The molecule has 0 fully saturated rings. The molecule has 0 saturated carbocycles. The number of aryl methyl sites for hydroxylation is 1. The van der Waals surface area contributed by atoms with Crippen LogP contribution in [0.1, 0.15) is 4.88 Å². The van der Waals surface area contributed by atoms with Gasteiger partial charge in [-0.1, -0.05) is 6.07 Å². The molecule has 7 nitrogen and oxygen atoms in total. The Morgan fingerprint density at radius 3 is 2.88 bits per heavy atom. The van der Waals surface area contributed by atoms with Crippen LogP contribution in [0.5, 0.6) is 0 Å². The van der Waals surface area contributed by atoms with E-state index in [-0.39, 0.29) is 4.90 Å². The fourth-order valence-corrected chi connectivity index (χ4v) is 5.38. The first kappa shape index (κ1) is 17.3. The van der Waals surface area contributed by atoms with E-state index in [2.05, 4.69) is 18.6 Å². The Hall–Kier alpha value is -2.14. The second-order valence-electron chi connectivity index (χ2n) is 5.70. The van der Waals surface area contributed by atoms with E-state index in [4.69, 9.17) is 0 Å². The molecule has 0 aliphatic rings. The summed E-state index contributed by atoms with van der Waals surface area (Å²) in [7, 11) is -1.74. The van der Waals surface area contributed by atoms with Gasteiger partial charge >= 0.3 is 0 Å². The van der Waals surface area contributed by atoms with Crippen LogP contribution >= 0.6 is 23.1 Å². The van der Waals surface area contributed by atoms with E-state index >= 15 is 0 Å². The Labute approximate surface area is 158 Å². The third-order valence-corrected chi connectivity index (χ3v) is 7.08. The van der Waals surface area contributed by atoms with E-state index in [9.17, 15) is 8.42 Å². The minimum atomic E-state index is -3.62. The zero-order chi connectivity index (χ0) is 18.1. The van der Waals surface area contributed by atoms with Gasteiger partial charge in [0.1, 0.15) is 15.9 Å². The van der Waals surface area contributed by atoms with Gasteiger partial charge in [0, 0.05) is 35.1 Å². The lowest BCUT2D eigenvalue weighted by atomic mass is 10.3. The summed E-state index contributed by atoms with van der Waals surface area (Å²) in [5.74, 6) is 0. The number of benzene rings is 1. The molecule has 0 amide bonds. The van der Waals surface area contributed by atoms with E-state index in [1.165, 1.54) is 0 Å². The molecule has 0 unspecified atom stereocenters. The Balaban J connectivity index is 1.44. The van der Waals surface area contributed by atoms with E-state index in [1.54, 1.807) is 34.2 Å². The maximum absolute atomic E-state index is 12.6. The first-order valence-electron chi connectivity index (χ1n) is 7.81. The molecular weight excluding hydrogens is 390 g/mol. The van der Waals surface area contributed by atoms with Gasteiger partial charge in [-0.05, 0) is 30.7 Å². The molecule has 0 aliphatic carbocycles. The lowest BCUT2D eigenvalue weighted by Gasteiger charge is -2.06. The largest absolute Gasteiger partial charge is 0.275 e. The van der Waals surface area contributed by atoms with Gasteiger partial charge in [-0.2, -0.15) is 13.8 Å². The molecule has 1 aromatic carbocycles. The third kappa shape index (κ3) is 3.40. The number of hydrogen-bond acceptors (Lipinski definition) is 7. The number of nitrogens with zero attached hydrogens (tertiary/aromatic N) is 4. The molecule has 4 aromatic rings. The number of hydrogen-bond donors (Lipinski definition) is 1. The molecule has 4 rings (SSSR count). The number of rotatable bonds is 6. The van der Waals surface area contributed by atoms with Crippen molar-refractivity contribution >= 4 is 44.1 Å². The molecule has 0 atom stereocenters. The predicted molar refractivity (Wildman–Crippen MR) is 103 cm³/mol. The fourth-order valence-electron chi connectivity index (χ4n) is 2.60. The second-order valence-corrected chi connectivity index (χ2v) is 9.14. The van der Waals surface area contributed by atoms with E-state index in [0.717, 1.165) is 27.0 Å². The Bertz CT molecular complexity index is 1160. The topological polar surface area (TPSA) is 89.8 Å². The summed E-state index contributed by atoms with van der Waals surface area (Å²) in [6.07, 6.45) is 4.40. The van der Waals surface area contributed by atoms with Crippen molar-refractivity contribution in [3.8, 4) is 10.4 Å². The van der Waals surface area contributed by atoms with E-state index < -0.39 is 10.0 Å². The van der Waals surface area contributed by atoms with Crippen LogP contribution in [0.15, 0.2) is 47.6 Å². The quantitative estimate of drug-likeness (QED) is 0.533. The van der Waals surface area contributed by atoms with Crippen LogP contribution in [0.2, 0.25) is 0 Å². The fraction of sp³-hybridized carbons (Fsp3) is 0.188. The van der Waals surface area contributed by atoms with Crippen LogP contribution in [0, 0.1) is 0 Å². The summed E-state index contributed by atoms with van der Waals surface area (Å²) in [4.78, 5) is 2.40. The molecule has 0 saturated heterocycles. The highest BCUT2D eigenvalue weighted by Crippen LogP contribution is 2.28. The molecule has 10 heteroatoms. The molecule has 134 valence electrons. The number of nitrogens with one attached hydrogen (secondary N) is 1. The molecule has 1 N–H and O–H groups in total. The van der Waals surface area contributed by atoms with Crippen molar-refractivity contribution in [2.24, 2.45) is 7.05 Å². The normalized spacial score (nSPS) is 12.0. The highest BCUT2D eigenvalue weighted by molar-refractivity contribution is 7.89. The monoisotopic (exact) mass is 405 g/mol. The first-order chi connectivity index (χ1) is 12.5. The van der Waals surface area contributed by atoms with Crippen LogP contribution in [0.3, 0.4) is 0 Å². The van der Waals surface area contributed by atoms with Crippen molar-refractivity contribution in [2.45, 2.75) is 11.3 Å². The lowest BCUT2D eigenvalue weighted by molar-refractivity contribution is 0.582. The highest BCUT2D eigenvalue weighted by Gasteiger charge is 2.19. The Morgan fingerprint density at radius 2 is 2.08 bits per heavy atom. The number of aromatic nitrogens is 4. The maximum atomic E-state index is 12.6. The molecule has 0 bridgehead atoms. The standard InChI is InChI=1S/C16H15N5O2S3/c1-21-10-11(9-17-21)14-6-5-12(24-14)7-8-18-26(22,23)15-4-2-3-13-16(15)20-25-19-13/h2-6,9-10,18H,7-8H2,1H3. The summed E-state index contributed by atoms with van der Waals surface area (Å²) < 4.78 is 37.8. The minimum absolute atomic E-state index is 0.172. The molecule has 0 aliphatic heterocycles. The average Bonchev–Trinajstić information content (AvgIpc) is 3.33. The zero-order valence-electron chi connectivity index (χ0n) is 13.8. The van der Waals surface area contributed by atoms with Gasteiger partial charge in [-0.25, -0.2) is 13.1 Å². The first-order valence-corrected chi connectivity index (χ1v) is 10.8. The van der Waals surface area contributed by atoms with Gasteiger partial charge in [0.25, 0.3) is 0 Å². The summed E-state index contributed by atoms with van der Waals surface area (Å²) in [6, 6.07) is 9.04.